The first-order valence-corrected chi connectivity index (χ1v) is 12.3. The number of aromatic nitrogens is 3. The van der Waals surface area contributed by atoms with Crippen LogP contribution >= 0.6 is 0 Å². The van der Waals surface area contributed by atoms with E-state index in [4.69, 9.17) is 9.72 Å². The van der Waals surface area contributed by atoms with Gasteiger partial charge in [-0.15, -0.1) is 0 Å². The van der Waals surface area contributed by atoms with E-state index in [-0.39, 0.29) is 5.91 Å². The molecule has 1 amide bonds. The number of amides is 1. The van der Waals surface area contributed by atoms with Crippen molar-refractivity contribution >= 4 is 34.0 Å². The monoisotopic (exact) mass is 481 g/mol. The van der Waals surface area contributed by atoms with Crippen molar-refractivity contribution in [3.05, 3.63) is 65.6 Å². The molecule has 1 aromatic carbocycles. The molecule has 9 heteroatoms. The van der Waals surface area contributed by atoms with E-state index < -0.39 is 0 Å². The average Bonchev–Trinajstić information content (AvgIpc) is 3.42. The van der Waals surface area contributed by atoms with Gasteiger partial charge in [-0.05, 0) is 35.9 Å². The minimum absolute atomic E-state index is 0.0814. The second kappa shape index (κ2) is 8.32. The highest BCUT2D eigenvalue weighted by Crippen LogP contribution is 2.37. The number of anilines is 3. The van der Waals surface area contributed by atoms with Gasteiger partial charge in [0.2, 0.25) is 0 Å². The first-order chi connectivity index (χ1) is 17.7. The zero-order valence-corrected chi connectivity index (χ0v) is 20.0. The standard InChI is InChI=1S/C27H27N7O2/c1-33-7-5-20-19(4-6-29-26(20)33)25-21-13-31-27(35)24(21)22(14-30-25)32-17-2-3-23-16(10-17)11-28-12-18-15-36-9-8-34(18)23/h2-7,10,14,18,28,32H,8-9,11-13,15H2,1H3,(H,31,35)/t18-/m1/s1. The summed E-state index contributed by atoms with van der Waals surface area (Å²) in [7, 11) is 1.98. The number of benzene rings is 1. The third kappa shape index (κ3) is 3.35. The number of morpholine rings is 1. The van der Waals surface area contributed by atoms with Crippen LogP contribution in [-0.4, -0.2) is 52.8 Å². The maximum atomic E-state index is 12.9. The van der Waals surface area contributed by atoms with Crippen molar-refractivity contribution in [2.24, 2.45) is 7.05 Å². The highest BCUT2D eigenvalue weighted by atomic mass is 16.5. The summed E-state index contributed by atoms with van der Waals surface area (Å²) >= 11 is 0. The van der Waals surface area contributed by atoms with Crippen LogP contribution in [0.15, 0.2) is 48.9 Å². The molecule has 0 saturated carbocycles. The Balaban J connectivity index is 1.26. The van der Waals surface area contributed by atoms with Gasteiger partial charge in [0.15, 0.2) is 0 Å². The quantitative estimate of drug-likeness (QED) is 0.414. The lowest BCUT2D eigenvalue weighted by Gasteiger charge is -2.36. The summed E-state index contributed by atoms with van der Waals surface area (Å²) in [4.78, 5) is 24.7. The number of hydrogen-bond acceptors (Lipinski definition) is 7. The van der Waals surface area contributed by atoms with Gasteiger partial charge in [-0.2, -0.15) is 0 Å². The van der Waals surface area contributed by atoms with E-state index in [0.717, 1.165) is 66.4 Å². The van der Waals surface area contributed by atoms with Gasteiger partial charge in [0, 0.05) is 73.5 Å². The summed E-state index contributed by atoms with van der Waals surface area (Å²) in [5.74, 6) is -0.0814. The first kappa shape index (κ1) is 21.3. The molecule has 4 aromatic rings. The molecule has 3 aromatic heterocycles. The fraction of sp³-hybridized carbons (Fsp3) is 0.296. The molecule has 0 radical (unpaired) electrons. The largest absolute Gasteiger partial charge is 0.377 e. The van der Waals surface area contributed by atoms with Gasteiger partial charge in [-0.3, -0.25) is 9.78 Å². The Bertz CT molecular complexity index is 1510. The van der Waals surface area contributed by atoms with E-state index >= 15 is 0 Å². The highest BCUT2D eigenvalue weighted by Gasteiger charge is 2.29. The van der Waals surface area contributed by atoms with Gasteiger partial charge in [0.1, 0.15) is 5.65 Å². The van der Waals surface area contributed by atoms with Crippen LogP contribution in [0.2, 0.25) is 0 Å². The van der Waals surface area contributed by atoms with E-state index in [9.17, 15) is 4.79 Å². The third-order valence-electron chi connectivity index (χ3n) is 7.45. The molecule has 7 rings (SSSR count). The van der Waals surface area contributed by atoms with Crippen LogP contribution in [0.25, 0.3) is 22.3 Å². The highest BCUT2D eigenvalue weighted by molar-refractivity contribution is 6.06. The van der Waals surface area contributed by atoms with Gasteiger partial charge in [0.05, 0.1) is 42.4 Å². The van der Waals surface area contributed by atoms with Gasteiger partial charge in [-0.1, -0.05) is 0 Å². The summed E-state index contributed by atoms with van der Waals surface area (Å²) < 4.78 is 7.68. The molecule has 0 aliphatic carbocycles. The van der Waals surface area contributed by atoms with Crippen molar-refractivity contribution < 1.29 is 9.53 Å². The van der Waals surface area contributed by atoms with Gasteiger partial charge >= 0.3 is 0 Å². The van der Waals surface area contributed by atoms with E-state index in [1.807, 2.05) is 29.9 Å². The predicted molar refractivity (Wildman–Crippen MR) is 138 cm³/mol. The molecule has 36 heavy (non-hydrogen) atoms. The molecule has 1 saturated heterocycles. The first-order valence-electron chi connectivity index (χ1n) is 12.3. The molecule has 1 fully saturated rings. The second-order valence-electron chi connectivity index (χ2n) is 9.60. The Morgan fingerprint density at radius 3 is 3.06 bits per heavy atom. The number of rotatable bonds is 3. The Labute approximate surface area is 208 Å². The van der Waals surface area contributed by atoms with Crippen LogP contribution < -0.4 is 20.9 Å². The summed E-state index contributed by atoms with van der Waals surface area (Å²) in [6, 6.07) is 10.8. The molecule has 3 aliphatic rings. The Hall–Kier alpha value is -3.95. The molecule has 3 N–H and O–H groups in total. The molecule has 1 atom stereocenters. The van der Waals surface area contributed by atoms with Gasteiger partial charge in [0.25, 0.3) is 5.91 Å². The van der Waals surface area contributed by atoms with Gasteiger partial charge in [-0.25, -0.2) is 4.98 Å². The molecule has 0 spiro atoms. The molecule has 0 unspecified atom stereocenters. The normalized spacial score (nSPS) is 18.9. The minimum Gasteiger partial charge on any atom is -0.377 e. The smallest absolute Gasteiger partial charge is 0.254 e. The number of carbonyl (C=O) groups is 1. The van der Waals surface area contributed by atoms with E-state index in [0.29, 0.717) is 23.8 Å². The van der Waals surface area contributed by atoms with Crippen LogP contribution in [0.1, 0.15) is 21.5 Å². The fourth-order valence-electron chi connectivity index (χ4n) is 5.69. The lowest BCUT2D eigenvalue weighted by molar-refractivity contribution is 0.0946. The third-order valence-corrected chi connectivity index (χ3v) is 7.45. The van der Waals surface area contributed by atoms with Crippen LogP contribution in [0.5, 0.6) is 0 Å². The minimum atomic E-state index is -0.0814. The van der Waals surface area contributed by atoms with Crippen molar-refractivity contribution in [3.63, 3.8) is 0 Å². The maximum Gasteiger partial charge on any atom is 0.254 e. The van der Waals surface area contributed by atoms with E-state index in [1.165, 1.54) is 11.3 Å². The number of pyridine rings is 2. The van der Waals surface area contributed by atoms with Gasteiger partial charge < -0.3 is 30.2 Å². The number of hydrogen-bond donors (Lipinski definition) is 3. The molecule has 3 aliphatic heterocycles. The predicted octanol–water partition coefficient (Wildman–Crippen LogP) is 2.93. The van der Waals surface area contributed by atoms with Crippen LogP contribution in [-0.2, 0) is 24.9 Å². The number of nitrogens with zero attached hydrogens (tertiary/aromatic N) is 4. The zero-order valence-electron chi connectivity index (χ0n) is 20.0. The number of aryl methyl sites for hydroxylation is 1. The maximum absolute atomic E-state index is 12.9. The Morgan fingerprint density at radius 2 is 2.11 bits per heavy atom. The van der Waals surface area contributed by atoms with E-state index in [1.54, 1.807) is 12.4 Å². The molecule has 9 nitrogen and oxygen atoms in total. The van der Waals surface area contributed by atoms with Crippen molar-refractivity contribution in [2.75, 3.05) is 36.5 Å². The van der Waals surface area contributed by atoms with Crippen molar-refractivity contribution in [2.45, 2.75) is 19.1 Å². The number of fused-ring (bicyclic) bond motifs is 5. The number of carbonyl (C=O) groups excluding carboxylic acids is 1. The summed E-state index contributed by atoms with van der Waals surface area (Å²) in [5, 5.41) is 11.1. The SMILES string of the molecule is Cn1ccc2c(-c3ncc(Nc4ccc5c(c4)CNC[C@@H]4COCCN54)c4c3CNC4=O)ccnc21. The average molecular weight is 482 g/mol. The number of nitrogens with one attached hydrogen (secondary N) is 3. The molecule has 0 bridgehead atoms. The van der Waals surface area contributed by atoms with Crippen molar-refractivity contribution in [1.29, 1.82) is 0 Å². The summed E-state index contributed by atoms with van der Waals surface area (Å²) in [5.41, 5.74) is 8.40. The Morgan fingerprint density at radius 1 is 1.17 bits per heavy atom. The lowest BCUT2D eigenvalue weighted by Crippen LogP contribution is -2.49. The van der Waals surface area contributed by atoms with E-state index in [2.05, 4.69) is 44.0 Å². The van der Waals surface area contributed by atoms with Crippen molar-refractivity contribution in [3.8, 4) is 11.3 Å². The van der Waals surface area contributed by atoms with Crippen LogP contribution in [0.3, 0.4) is 0 Å². The van der Waals surface area contributed by atoms with Crippen molar-refractivity contribution in [1.82, 2.24) is 25.2 Å². The molecular formula is C27H27N7O2. The second-order valence-corrected chi connectivity index (χ2v) is 9.60. The van der Waals surface area contributed by atoms with Crippen LogP contribution in [0.4, 0.5) is 17.1 Å². The number of ether oxygens (including phenoxy) is 1. The summed E-state index contributed by atoms with van der Waals surface area (Å²) in [6.45, 7) is 4.55. The molecule has 6 heterocycles. The fourth-order valence-corrected chi connectivity index (χ4v) is 5.69. The Kier molecular flexibility index (Phi) is 4.93. The van der Waals surface area contributed by atoms with Crippen LogP contribution in [0, 0.1) is 0 Å². The lowest BCUT2D eigenvalue weighted by atomic mass is 10.00. The topological polar surface area (TPSA) is 96.3 Å². The zero-order chi connectivity index (χ0) is 24.2. The molecule has 182 valence electrons. The summed E-state index contributed by atoms with van der Waals surface area (Å²) in [6.07, 6.45) is 5.56. The molecular weight excluding hydrogens is 454 g/mol.